The largest absolute Gasteiger partial charge is 0.490 e. The number of rotatable bonds is 8. The Morgan fingerprint density at radius 2 is 1.77 bits per heavy atom. The molecule has 1 N–H and O–H groups in total. The first-order valence-corrected chi connectivity index (χ1v) is 8.99. The lowest BCUT2D eigenvalue weighted by atomic mass is 10.1. The van der Waals surface area contributed by atoms with Crippen LogP contribution in [0.2, 0.25) is 0 Å². The number of nitrogens with one attached hydrogen (secondary N) is 1. The van der Waals surface area contributed by atoms with Gasteiger partial charge in [0.05, 0.1) is 24.9 Å². The summed E-state index contributed by atoms with van der Waals surface area (Å²) < 4.78 is 13.1. The van der Waals surface area contributed by atoms with E-state index in [0.717, 1.165) is 12.8 Å². The molecule has 1 amide bonds. The van der Waals surface area contributed by atoms with E-state index in [1.54, 1.807) is 23.0 Å². The quantitative estimate of drug-likeness (QED) is 0.773. The molecule has 1 aromatic heterocycles. The molecule has 0 radical (unpaired) electrons. The van der Waals surface area contributed by atoms with E-state index in [1.807, 2.05) is 40.7 Å². The van der Waals surface area contributed by atoms with E-state index < -0.39 is 0 Å². The molecular weight excluding hydrogens is 332 g/mol. The van der Waals surface area contributed by atoms with Crippen molar-refractivity contribution >= 4 is 11.6 Å². The predicted octanol–water partition coefficient (Wildman–Crippen LogP) is 3.86. The number of hydrogen-bond acceptors (Lipinski definition) is 5. The van der Waals surface area contributed by atoms with Crippen LogP contribution < -0.4 is 14.8 Å². The van der Waals surface area contributed by atoms with Gasteiger partial charge in [0.15, 0.2) is 17.2 Å². The zero-order valence-electron chi connectivity index (χ0n) is 16.2. The lowest BCUT2D eigenvalue weighted by Crippen LogP contribution is -2.22. The Hall–Kier alpha value is -2.57. The van der Waals surface area contributed by atoms with Gasteiger partial charge in [-0.1, -0.05) is 19.1 Å². The van der Waals surface area contributed by atoms with Gasteiger partial charge < -0.3 is 14.8 Å². The Morgan fingerprint density at radius 3 is 2.35 bits per heavy atom. The zero-order chi connectivity index (χ0) is 19.2. The van der Waals surface area contributed by atoms with E-state index in [-0.39, 0.29) is 17.1 Å². The first-order chi connectivity index (χ1) is 12.3. The molecule has 1 aromatic carbocycles. The molecule has 1 heterocycles. The number of ether oxygens (including phenoxy) is 2. The number of amides is 1. The number of hydrogen-bond donors (Lipinski definition) is 1. The molecular formula is C19H28N4O3. The standard InChI is InChI=1S/C19H28N4O3/c1-6-10-25-16-9-8-14(12-17(16)26-11-7-2)20-18(24)15-13-23(22-21-15)19(3,4)5/h8-9,12-13H,6-7,10-11H2,1-5H3,(H,20,24). The average molecular weight is 360 g/mol. The number of aromatic nitrogens is 3. The van der Waals surface area contributed by atoms with Crippen molar-refractivity contribution in [3.05, 3.63) is 30.1 Å². The summed E-state index contributed by atoms with van der Waals surface area (Å²) in [7, 11) is 0. The molecule has 0 saturated carbocycles. The average Bonchev–Trinajstić information content (AvgIpc) is 3.09. The van der Waals surface area contributed by atoms with Gasteiger partial charge in [-0.2, -0.15) is 0 Å². The van der Waals surface area contributed by atoms with Crippen molar-refractivity contribution in [2.45, 2.75) is 53.0 Å². The van der Waals surface area contributed by atoms with Gasteiger partial charge in [-0.25, -0.2) is 4.68 Å². The van der Waals surface area contributed by atoms with Crippen LogP contribution in [-0.2, 0) is 5.54 Å². The molecule has 0 fully saturated rings. The third-order valence-corrected chi connectivity index (χ3v) is 3.54. The maximum Gasteiger partial charge on any atom is 0.277 e. The van der Waals surface area contributed by atoms with Gasteiger partial charge in [-0.3, -0.25) is 4.79 Å². The summed E-state index contributed by atoms with van der Waals surface area (Å²) in [6.45, 7) is 11.3. The molecule has 2 rings (SSSR count). The molecule has 142 valence electrons. The zero-order valence-corrected chi connectivity index (χ0v) is 16.2. The summed E-state index contributed by atoms with van der Waals surface area (Å²) >= 11 is 0. The van der Waals surface area contributed by atoms with Crippen LogP contribution in [0.1, 0.15) is 57.9 Å². The molecule has 7 nitrogen and oxygen atoms in total. The van der Waals surface area contributed by atoms with Crippen LogP contribution in [-0.4, -0.2) is 34.1 Å². The summed E-state index contributed by atoms with van der Waals surface area (Å²) in [6, 6.07) is 5.37. The van der Waals surface area contributed by atoms with Crippen LogP contribution in [0.25, 0.3) is 0 Å². The number of carbonyl (C=O) groups is 1. The highest BCUT2D eigenvalue weighted by atomic mass is 16.5. The molecule has 0 spiro atoms. The number of carbonyl (C=O) groups excluding carboxylic acids is 1. The van der Waals surface area contributed by atoms with E-state index >= 15 is 0 Å². The highest BCUT2D eigenvalue weighted by Crippen LogP contribution is 2.31. The summed E-state index contributed by atoms with van der Waals surface area (Å²) in [4.78, 5) is 12.4. The van der Waals surface area contributed by atoms with Crippen LogP contribution in [0.5, 0.6) is 11.5 Å². The van der Waals surface area contributed by atoms with E-state index in [9.17, 15) is 4.79 Å². The Balaban J connectivity index is 2.14. The molecule has 0 aliphatic heterocycles. The van der Waals surface area contributed by atoms with Crippen molar-refractivity contribution in [1.82, 2.24) is 15.0 Å². The lowest BCUT2D eigenvalue weighted by molar-refractivity contribution is 0.102. The molecule has 0 bridgehead atoms. The van der Waals surface area contributed by atoms with Crippen LogP contribution >= 0.6 is 0 Å². The normalized spacial score (nSPS) is 11.3. The Labute approximate surface area is 154 Å². The van der Waals surface area contributed by atoms with Gasteiger partial charge >= 0.3 is 0 Å². The second-order valence-electron chi connectivity index (χ2n) is 7.03. The van der Waals surface area contributed by atoms with Crippen molar-refractivity contribution < 1.29 is 14.3 Å². The van der Waals surface area contributed by atoms with Crippen LogP contribution in [0.15, 0.2) is 24.4 Å². The molecule has 2 aromatic rings. The minimum absolute atomic E-state index is 0.231. The topological polar surface area (TPSA) is 78.3 Å². The van der Waals surface area contributed by atoms with Crippen molar-refractivity contribution in [3.63, 3.8) is 0 Å². The number of anilines is 1. The van der Waals surface area contributed by atoms with Gasteiger partial charge in [0.25, 0.3) is 5.91 Å². The van der Waals surface area contributed by atoms with Crippen LogP contribution in [0, 0.1) is 0 Å². The summed E-state index contributed by atoms with van der Waals surface area (Å²) in [5.41, 5.74) is 0.655. The smallest absolute Gasteiger partial charge is 0.277 e. The van der Waals surface area contributed by atoms with E-state index in [0.29, 0.717) is 30.4 Å². The molecule has 7 heteroatoms. The van der Waals surface area contributed by atoms with Gasteiger partial charge in [0.2, 0.25) is 0 Å². The predicted molar refractivity (Wildman–Crippen MR) is 101 cm³/mol. The molecule has 0 aliphatic carbocycles. The maximum atomic E-state index is 12.4. The molecule has 0 unspecified atom stereocenters. The van der Waals surface area contributed by atoms with Crippen molar-refractivity contribution in [1.29, 1.82) is 0 Å². The van der Waals surface area contributed by atoms with Gasteiger partial charge in [0, 0.05) is 11.8 Å². The molecule has 0 aliphatic rings. The Morgan fingerprint density at radius 1 is 1.12 bits per heavy atom. The minimum Gasteiger partial charge on any atom is -0.490 e. The molecule has 0 atom stereocenters. The SMILES string of the molecule is CCCOc1ccc(NC(=O)c2cn(C(C)(C)C)nn2)cc1OCCC. The van der Waals surface area contributed by atoms with E-state index in [4.69, 9.17) is 9.47 Å². The van der Waals surface area contributed by atoms with Crippen molar-refractivity contribution in [2.24, 2.45) is 0 Å². The second kappa shape index (κ2) is 8.69. The van der Waals surface area contributed by atoms with Crippen LogP contribution in [0.4, 0.5) is 5.69 Å². The monoisotopic (exact) mass is 360 g/mol. The fourth-order valence-electron chi connectivity index (χ4n) is 2.13. The summed E-state index contributed by atoms with van der Waals surface area (Å²) in [5.74, 6) is 0.984. The Bertz CT molecular complexity index is 735. The third-order valence-electron chi connectivity index (χ3n) is 3.54. The minimum atomic E-state index is -0.316. The van der Waals surface area contributed by atoms with Crippen molar-refractivity contribution in [2.75, 3.05) is 18.5 Å². The molecule has 0 saturated heterocycles. The van der Waals surface area contributed by atoms with Crippen molar-refractivity contribution in [3.8, 4) is 11.5 Å². The van der Waals surface area contributed by atoms with E-state index in [1.165, 1.54) is 0 Å². The van der Waals surface area contributed by atoms with E-state index in [2.05, 4.69) is 15.6 Å². The van der Waals surface area contributed by atoms with Crippen LogP contribution in [0.3, 0.4) is 0 Å². The number of nitrogens with zero attached hydrogens (tertiary/aromatic N) is 3. The maximum absolute atomic E-state index is 12.4. The highest BCUT2D eigenvalue weighted by Gasteiger charge is 2.18. The lowest BCUT2D eigenvalue weighted by Gasteiger charge is -2.17. The van der Waals surface area contributed by atoms with Gasteiger partial charge in [-0.05, 0) is 45.7 Å². The highest BCUT2D eigenvalue weighted by molar-refractivity contribution is 6.02. The fraction of sp³-hybridized carbons (Fsp3) is 0.526. The fourth-order valence-corrected chi connectivity index (χ4v) is 2.13. The first-order valence-electron chi connectivity index (χ1n) is 8.99. The summed E-state index contributed by atoms with van der Waals surface area (Å²) in [6.07, 6.45) is 3.44. The third kappa shape index (κ3) is 5.21. The number of benzene rings is 1. The summed E-state index contributed by atoms with van der Waals surface area (Å²) in [5, 5.41) is 10.8. The Kier molecular flexibility index (Phi) is 6.60. The second-order valence-corrected chi connectivity index (χ2v) is 7.03. The van der Waals surface area contributed by atoms with Gasteiger partial charge in [-0.15, -0.1) is 5.10 Å². The van der Waals surface area contributed by atoms with Gasteiger partial charge in [0.1, 0.15) is 0 Å². The molecule has 26 heavy (non-hydrogen) atoms. The first kappa shape index (κ1) is 19.8.